The highest BCUT2D eigenvalue weighted by Gasteiger charge is 2.36. The standard InChI is InChI=1S/C29H25ClN8O4/c1-16-6-5-7-18(10-16)24(15-39)33-27(40)17(2)37-14-23-20(28(37)41)11-19(12-31-23)26-21(30)13-32-29(34-26)42-38-25-9-4-3-8-22(25)35-36-38/h3-13,17,24,39H,14-15H2,1-2H3,(H,33,40). The van der Waals surface area contributed by atoms with E-state index in [4.69, 9.17) is 16.4 Å². The molecule has 212 valence electrons. The first-order chi connectivity index (χ1) is 20.3. The zero-order chi connectivity index (χ0) is 29.4. The quantitative estimate of drug-likeness (QED) is 0.280. The van der Waals surface area contributed by atoms with Gasteiger partial charge >= 0.3 is 6.01 Å². The molecule has 3 aromatic heterocycles. The first-order valence-corrected chi connectivity index (χ1v) is 13.5. The van der Waals surface area contributed by atoms with Gasteiger partial charge < -0.3 is 20.2 Å². The van der Waals surface area contributed by atoms with Crippen molar-refractivity contribution in [3.05, 3.63) is 94.4 Å². The molecule has 1 aliphatic heterocycles. The third-order valence-electron chi connectivity index (χ3n) is 7.06. The fraction of sp³-hybridized carbons (Fsp3) is 0.207. The zero-order valence-electron chi connectivity index (χ0n) is 22.6. The van der Waals surface area contributed by atoms with Gasteiger partial charge in [0.2, 0.25) is 5.91 Å². The van der Waals surface area contributed by atoms with E-state index in [2.05, 4.69) is 30.6 Å². The van der Waals surface area contributed by atoms with Crippen LogP contribution in [0.4, 0.5) is 0 Å². The molecule has 13 heteroatoms. The molecule has 0 bridgehead atoms. The Morgan fingerprint density at radius 1 is 1.14 bits per heavy atom. The number of fused-ring (bicyclic) bond motifs is 2. The van der Waals surface area contributed by atoms with Gasteiger partial charge in [-0.1, -0.05) is 58.4 Å². The van der Waals surface area contributed by atoms with Gasteiger partial charge in [-0.05, 0) is 42.8 Å². The second-order valence-electron chi connectivity index (χ2n) is 9.88. The molecule has 0 saturated carbocycles. The normalized spacial score (nSPS) is 14.1. The largest absolute Gasteiger partial charge is 0.394 e. The van der Waals surface area contributed by atoms with E-state index in [9.17, 15) is 14.7 Å². The SMILES string of the molecule is Cc1cccc(C(CO)NC(=O)C(C)N2Cc3ncc(-c4nc(On5nnc6ccccc65)ncc4Cl)cc3C2=O)c1. The summed E-state index contributed by atoms with van der Waals surface area (Å²) in [5.74, 6) is -0.743. The van der Waals surface area contributed by atoms with Crippen molar-refractivity contribution in [3.8, 4) is 17.3 Å². The first kappa shape index (κ1) is 27.2. The number of aliphatic hydroxyl groups is 1. The number of pyridine rings is 1. The second-order valence-corrected chi connectivity index (χ2v) is 10.3. The number of nitrogens with zero attached hydrogens (tertiary/aromatic N) is 7. The lowest BCUT2D eigenvalue weighted by atomic mass is 10.0. The maximum absolute atomic E-state index is 13.4. The Bertz CT molecular complexity index is 1830. The van der Waals surface area contributed by atoms with Gasteiger partial charge in [0, 0.05) is 11.8 Å². The Balaban J connectivity index is 1.20. The molecule has 2 N–H and O–H groups in total. The highest BCUT2D eigenvalue weighted by atomic mass is 35.5. The van der Waals surface area contributed by atoms with E-state index in [-0.39, 0.29) is 30.1 Å². The van der Waals surface area contributed by atoms with Crippen molar-refractivity contribution in [2.24, 2.45) is 0 Å². The van der Waals surface area contributed by atoms with E-state index in [1.165, 1.54) is 15.9 Å². The van der Waals surface area contributed by atoms with Crippen molar-refractivity contribution in [2.75, 3.05) is 6.61 Å². The summed E-state index contributed by atoms with van der Waals surface area (Å²) < 4.78 is 0. The summed E-state index contributed by atoms with van der Waals surface area (Å²) in [6, 6.07) is 15.0. The number of para-hydroxylation sites is 1. The molecule has 42 heavy (non-hydrogen) atoms. The van der Waals surface area contributed by atoms with Crippen molar-refractivity contribution >= 4 is 34.4 Å². The molecule has 5 aromatic rings. The Morgan fingerprint density at radius 3 is 2.79 bits per heavy atom. The maximum atomic E-state index is 13.4. The van der Waals surface area contributed by atoms with E-state index < -0.39 is 18.0 Å². The fourth-order valence-electron chi connectivity index (χ4n) is 4.78. The van der Waals surface area contributed by atoms with Gasteiger partial charge in [-0.3, -0.25) is 14.6 Å². The van der Waals surface area contributed by atoms with Crippen LogP contribution in [0.25, 0.3) is 22.3 Å². The Labute approximate surface area is 244 Å². The predicted molar refractivity (Wildman–Crippen MR) is 152 cm³/mol. The summed E-state index contributed by atoms with van der Waals surface area (Å²) in [6.45, 7) is 3.45. The molecule has 2 aromatic carbocycles. The van der Waals surface area contributed by atoms with Gasteiger partial charge in [0.1, 0.15) is 17.1 Å². The minimum Gasteiger partial charge on any atom is -0.394 e. The number of aliphatic hydroxyl groups excluding tert-OH is 1. The minimum atomic E-state index is -0.811. The van der Waals surface area contributed by atoms with Crippen LogP contribution < -0.4 is 10.2 Å². The van der Waals surface area contributed by atoms with Gasteiger partial charge in [-0.25, -0.2) is 4.98 Å². The fourth-order valence-corrected chi connectivity index (χ4v) is 4.98. The van der Waals surface area contributed by atoms with E-state index in [1.54, 1.807) is 31.3 Å². The third kappa shape index (κ3) is 5.13. The number of aryl methyl sites for hydroxylation is 1. The van der Waals surface area contributed by atoms with Crippen molar-refractivity contribution in [3.63, 3.8) is 0 Å². The molecule has 4 heterocycles. The molecule has 1 aliphatic rings. The molecule has 0 radical (unpaired) electrons. The maximum Gasteiger partial charge on any atom is 0.346 e. The van der Waals surface area contributed by atoms with E-state index in [1.807, 2.05) is 43.3 Å². The summed E-state index contributed by atoms with van der Waals surface area (Å²) in [6.07, 6.45) is 2.95. The van der Waals surface area contributed by atoms with Gasteiger partial charge in [0.05, 0.1) is 47.4 Å². The third-order valence-corrected chi connectivity index (χ3v) is 7.33. The van der Waals surface area contributed by atoms with E-state index in [0.717, 1.165) is 11.1 Å². The second kappa shape index (κ2) is 11.1. The number of carbonyl (C=O) groups is 2. The molecular weight excluding hydrogens is 560 g/mol. The lowest BCUT2D eigenvalue weighted by Crippen LogP contribution is -2.46. The number of carbonyl (C=O) groups excluding carboxylic acids is 2. The average Bonchev–Trinajstić information content (AvgIpc) is 3.56. The molecule has 0 saturated heterocycles. The van der Waals surface area contributed by atoms with Gasteiger partial charge in [-0.15, -0.1) is 5.10 Å². The molecular formula is C29H25ClN8O4. The molecule has 0 spiro atoms. The summed E-state index contributed by atoms with van der Waals surface area (Å²) in [5, 5.41) is 21.0. The van der Waals surface area contributed by atoms with Crippen LogP contribution in [0, 0.1) is 6.92 Å². The number of hydrogen-bond donors (Lipinski definition) is 2. The van der Waals surface area contributed by atoms with Crippen LogP contribution in [-0.2, 0) is 11.3 Å². The van der Waals surface area contributed by atoms with Crippen LogP contribution >= 0.6 is 11.6 Å². The van der Waals surface area contributed by atoms with Crippen LogP contribution in [0.15, 0.2) is 67.0 Å². The van der Waals surface area contributed by atoms with Crippen molar-refractivity contribution in [1.29, 1.82) is 0 Å². The number of rotatable bonds is 8. The average molecular weight is 585 g/mol. The highest BCUT2D eigenvalue weighted by Crippen LogP contribution is 2.31. The molecule has 6 rings (SSSR count). The van der Waals surface area contributed by atoms with E-state index >= 15 is 0 Å². The van der Waals surface area contributed by atoms with Crippen molar-refractivity contribution in [1.82, 2.24) is 40.3 Å². The predicted octanol–water partition coefficient (Wildman–Crippen LogP) is 3.28. The molecule has 2 atom stereocenters. The van der Waals surface area contributed by atoms with E-state index in [0.29, 0.717) is 33.5 Å². The zero-order valence-corrected chi connectivity index (χ0v) is 23.4. The van der Waals surface area contributed by atoms with Crippen LogP contribution in [-0.4, -0.2) is 64.6 Å². The van der Waals surface area contributed by atoms with Crippen molar-refractivity contribution < 1.29 is 19.5 Å². The Morgan fingerprint density at radius 2 is 1.98 bits per heavy atom. The summed E-state index contributed by atoms with van der Waals surface area (Å²) >= 11 is 6.43. The molecule has 2 unspecified atom stereocenters. The monoisotopic (exact) mass is 584 g/mol. The number of halogens is 1. The number of aromatic nitrogens is 6. The Kier molecular flexibility index (Phi) is 7.23. The number of amides is 2. The van der Waals surface area contributed by atoms with Gasteiger partial charge in [-0.2, -0.15) is 4.98 Å². The minimum absolute atomic E-state index is 0.0316. The smallest absolute Gasteiger partial charge is 0.346 e. The first-order valence-electron chi connectivity index (χ1n) is 13.1. The lowest BCUT2D eigenvalue weighted by Gasteiger charge is -2.26. The van der Waals surface area contributed by atoms with Crippen molar-refractivity contribution in [2.45, 2.75) is 32.5 Å². The van der Waals surface area contributed by atoms with Gasteiger partial charge in [0.15, 0.2) is 0 Å². The number of benzene rings is 2. The van der Waals surface area contributed by atoms with Crippen LogP contribution in [0.1, 0.15) is 40.1 Å². The number of hydrogen-bond acceptors (Lipinski definition) is 9. The number of nitrogens with one attached hydrogen (secondary N) is 1. The highest BCUT2D eigenvalue weighted by molar-refractivity contribution is 6.32. The summed E-state index contributed by atoms with van der Waals surface area (Å²) in [7, 11) is 0. The van der Waals surface area contributed by atoms with Crippen LogP contribution in [0.5, 0.6) is 6.01 Å². The Hall–Kier alpha value is -4.94. The topological polar surface area (TPSA) is 148 Å². The summed E-state index contributed by atoms with van der Waals surface area (Å²) in [5.41, 5.74) is 4.70. The van der Waals surface area contributed by atoms with Crippen LogP contribution in [0.2, 0.25) is 5.02 Å². The molecule has 0 fully saturated rings. The molecule has 0 aliphatic carbocycles. The van der Waals surface area contributed by atoms with Crippen LogP contribution in [0.3, 0.4) is 0 Å². The summed E-state index contributed by atoms with van der Waals surface area (Å²) in [4.78, 5) is 48.0. The van der Waals surface area contributed by atoms with Gasteiger partial charge in [0.25, 0.3) is 5.91 Å². The lowest BCUT2D eigenvalue weighted by molar-refractivity contribution is -0.126. The molecule has 12 nitrogen and oxygen atoms in total. The molecule has 2 amide bonds.